The summed E-state index contributed by atoms with van der Waals surface area (Å²) in [7, 11) is 6.00. The molecule has 0 saturated carbocycles. The quantitative estimate of drug-likeness (QED) is 0.534. The van der Waals surface area contributed by atoms with Gasteiger partial charge in [0, 0.05) is 0 Å². The van der Waals surface area contributed by atoms with Crippen LogP contribution in [0.5, 0.6) is 0 Å². The summed E-state index contributed by atoms with van der Waals surface area (Å²) in [5.74, 6) is 0. The molecule has 1 heterocycles. The molecule has 0 bridgehead atoms. The molecule has 6 heteroatoms. The van der Waals surface area contributed by atoms with Gasteiger partial charge in [-0.15, -0.1) is 0 Å². The topological polar surface area (TPSA) is 57.7 Å². The SMILES string of the molecule is CN(C)C.[SnH][c]1nnn[nH]1. The number of H-pyrrole nitrogens is 1. The summed E-state index contributed by atoms with van der Waals surface area (Å²) in [5, 5.41) is 12.8. The van der Waals surface area contributed by atoms with Gasteiger partial charge in [0.2, 0.25) is 0 Å². The van der Waals surface area contributed by atoms with E-state index in [4.69, 9.17) is 0 Å². The Balaban J connectivity index is 0.000000180. The molecule has 0 unspecified atom stereocenters. The van der Waals surface area contributed by atoms with E-state index in [1.807, 2.05) is 26.0 Å². The Morgan fingerprint density at radius 2 is 1.90 bits per heavy atom. The van der Waals surface area contributed by atoms with Gasteiger partial charge in [-0.3, -0.25) is 0 Å². The number of nitrogens with one attached hydrogen (secondary N) is 1. The van der Waals surface area contributed by atoms with Gasteiger partial charge in [0.1, 0.15) is 0 Å². The molecule has 1 N–H and O–H groups in total. The summed E-state index contributed by atoms with van der Waals surface area (Å²) >= 11 is 0.961. The van der Waals surface area contributed by atoms with Gasteiger partial charge in [-0.05, 0) is 21.1 Å². The number of rotatable bonds is 0. The van der Waals surface area contributed by atoms with Crippen molar-refractivity contribution < 1.29 is 0 Å². The summed E-state index contributed by atoms with van der Waals surface area (Å²) in [5.41, 5.74) is 0. The first-order valence-electron chi connectivity index (χ1n) is 2.73. The molecule has 0 atom stereocenters. The fraction of sp³-hybridized carbons (Fsp3) is 0.750. The van der Waals surface area contributed by atoms with Crippen molar-refractivity contribution in [3.8, 4) is 0 Å². The van der Waals surface area contributed by atoms with Crippen LogP contribution in [0.1, 0.15) is 0 Å². The molecule has 1 aromatic heterocycles. The molecule has 10 heavy (non-hydrogen) atoms. The van der Waals surface area contributed by atoms with Gasteiger partial charge in [-0.25, -0.2) is 0 Å². The van der Waals surface area contributed by atoms with Crippen LogP contribution >= 0.6 is 0 Å². The predicted octanol–water partition coefficient (Wildman–Crippen LogP) is -2.10. The van der Waals surface area contributed by atoms with Gasteiger partial charge in [0.05, 0.1) is 0 Å². The molecule has 1 rings (SSSR count). The maximum atomic E-state index is 3.56. The molecule has 2 radical (unpaired) electrons. The van der Waals surface area contributed by atoms with Gasteiger partial charge in [0.15, 0.2) is 0 Å². The summed E-state index contributed by atoms with van der Waals surface area (Å²) in [6, 6.07) is 0. The molecule has 0 spiro atoms. The molecule has 0 aliphatic carbocycles. The van der Waals surface area contributed by atoms with Gasteiger partial charge in [-0.2, -0.15) is 0 Å². The fourth-order valence-electron chi connectivity index (χ4n) is 0.166. The Kier molecular flexibility index (Phi) is 5.51. The van der Waals surface area contributed by atoms with Crippen molar-refractivity contribution in [3.63, 3.8) is 0 Å². The van der Waals surface area contributed by atoms with Crippen molar-refractivity contribution in [2.24, 2.45) is 0 Å². The first kappa shape index (κ1) is 9.83. The second-order valence-corrected chi connectivity index (χ2v) is 3.69. The average Bonchev–Trinajstić information content (AvgIpc) is 2.15. The van der Waals surface area contributed by atoms with E-state index in [1.54, 1.807) is 0 Å². The third-order valence-electron chi connectivity index (χ3n) is 0.362. The standard InChI is InChI=1S/C3H9N.CHN4.Sn.H/c1-4(2)3;1-2-4-5-3-1;;/h1-3H3;(H,2,3,4,5);;. The number of aromatic amines is 1. The van der Waals surface area contributed by atoms with Crippen LogP contribution in [-0.2, 0) is 0 Å². The second-order valence-electron chi connectivity index (χ2n) is 2.13. The molecule has 1 aromatic rings. The van der Waals surface area contributed by atoms with Crippen molar-refractivity contribution in [1.29, 1.82) is 0 Å². The van der Waals surface area contributed by atoms with Crippen LogP contribution in [-0.4, -0.2) is 69.2 Å². The Morgan fingerprint density at radius 1 is 1.40 bits per heavy atom. The van der Waals surface area contributed by atoms with E-state index in [-0.39, 0.29) is 0 Å². The Morgan fingerprint density at radius 3 is 2.00 bits per heavy atom. The molecule has 0 saturated heterocycles. The second kappa shape index (κ2) is 5.60. The van der Waals surface area contributed by atoms with E-state index in [9.17, 15) is 0 Å². The van der Waals surface area contributed by atoms with Crippen LogP contribution < -0.4 is 3.84 Å². The number of tetrazole rings is 1. The molecule has 0 aromatic carbocycles. The zero-order valence-electron chi connectivity index (χ0n) is 6.37. The third-order valence-corrected chi connectivity index (χ3v) is 1.06. The van der Waals surface area contributed by atoms with Gasteiger partial charge in [0.25, 0.3) is 0 Å². The van der Waals surface area contributed by atoms with Crippen molar-refractivity contribution in [2.75, 3.05) is 21.1 Å². The van der Waals surface area contributed by atoms with Crippen LogP contribution in [0.2, 0.25) is 0 Å². The zero-order valence-corrected chi connectivity index (χ0v) is 9.66. The summed E-state index contributed by atoms with van der Waals surface area (Å²) in [4.78, 5) is 2.00. The number of hydrogen-bond acceptors (Lipinski definition) is 4. The van der Waals surface area contributed by atoms with E-state index < -0.39 is 0 Å². The fourth-order valence-corrected chi connectivity index (χ4v) is 0.479. The third kappa shape index (κ3) is 7.83. The Hall–Kier alpha value is -0.171. The summed E-state index contributed by atoms with van der Waals surface area (Å²) in [6.45, 7) is 0. The molecule has 56 valence electrons. The van der Waals surface area contributed by atoms with Gasteiger partial charge in [-0.1, -0.05) is 0 Å². The molecular formula is C4H11N5Sn. The normalized spacial score (nSPS) is 8.90. The number of aromatic nitrogens is 4. The molecule has 0 aliphatic heterocycles. The summed E-state index contributed by atoms with van der Waals surface area (Å²) < 4.78 is 0.875. The Labute approximate surface area is 73.3 Å². The minimum atomic E-state index is 0.875. The van der Waals surface area contributed by atoms with E-state index in [0.717, 1.165) is 26.4 Å². The zero-order chi connectivity index (χ0) is 7.98. The van der Waals surface area contributed by atoms with Crippen molar-refractivity contribution in [3.05, 3.63) is 0 Å². The van der Waals surface area contributed by atoms with Gasteiger partial charge < -0.3 is 4.90 Å². The monoisotopic (exact) mass is 249 g/mol. The van der Waals surface area contributed by atoms with Crippen LogP contribution in [0.15, 0.2) is 0 Å². The maximum absolute atomic E-state index is 3.56. The van der Waals surface area contributed by atoms with Crippen LogP contribution in [0.3, 0.4) is 0 Å². The molecule has 0 fully saturated rings. The van der Waals surface area contributed by atoms with Crippen molar-refractivity contribution >= 4 is 26.4 Å². The van der Waals surface area contributed by atoms with Gasteiger partial charge >= 0.3 is 47.0 Å². The van der Waals surface area contributed by atoms with E-state index in [2.05, 4.69) is 20.6 Å². The van der Waals surface area contributed by atoms with Crippen LogP contribution in [0.4, 0.5) is 0 Å². The van der Waals surface area contributed by atoms with E-state index >= 15 is 0 Å². The van der Waals surface area contributed by atoms with E-state index in [1.165, 1.54) is 0 Å². The molecule has 0 aliphatic rings. The summed E-state index contributed by atoms with van der Waals surface area (Å²) in [6.07, 6.45) is 0. The average molecular weight is 248 g/mol. The minimum absolute atomic E-state index is 0.875. The van der Waals surface area contributed by atoms with Crippen molar-refractivity contribution in [2.45, 2.75) is 0 Å². The van der Waals surface area contributed by atoms with Crippen LogP contribution in [0.25, 0.3) is 0 Å². The van der Waals surface area contributed by atoms with Crippen LogP contribution in [0, 0.1) is 0 Å². The number of nitrogens with zero attached hydrogens (tertiary/aromatic N) is 4. The molecular weight excluding hydrogens is 237 g/mol. The first-order valence-corrected chi connectivity index (χ1v) is 4.38. The molecule has 0 amide bonds. The number of hydrogen-bond donors (Lipinski definition) is 1. The van der Waals surface area contributed by atoms with Crippen molar-refractivity contribution in [1.82, 2.24) is 25.5 Å². The Bertz CT molecular complexity index is 146. The first-order chi connectivity index (χ1) is 4.63. The van der Waals surface area contributed by atoms with E-state index in [0.29, 0.717) is 0 Å². The predicted molar refractivity (Wildman–Crippen MR) is 40.6 cm³/mol. The molecule has 5 nitrogen and oxygen atoms in total.